The lowest BCUT2D eigenvalue weighted by Gasteiger charge is -2.12. The van der Waals surface area contributed by atoms with Gasteiger partial charge in [-0.2, -0.15) is 0 Å². The highest BCUT2D eigenvalue weighted by molar-refractivity contribution is 14.1. The maximum absolute atomic E-state index is 11.8. The van der Waals surface area contributed by atoms with Gasteiger partial charge in [0.15, 0.2) is 18.1 Å². The number of benzene rings is 2. The molecule has 0 radical (unpaired) electrons. The minimum Gasteiger partial charge on any atom is -0.493 e. The fourth-order valence-electron chi connectivity index (χ4n) is 1.85. The zero-order valence-electron chi connectivity index (χ0n) is 12.5. The van der Waals surface area contributed by atoms with Gasteiger partial charge in [-0.25, -0.2) is 4.79 Å². The van der Waals surface area contributed by atoms with Crippen LogP contribution in [0.1, 0.15) is 15.9 Å². The topological polar surface area (TPSA) is 44.8 Å². The van der Waals surface area contributed by atoms with E-state index in [0.717, 1.165) is 5.56 Å². The molecule has 5 heteroatoms. The maximum Gasteiger partial charge on any atom is 0.339 e. The van der Waals surface area contributed by atoms with Crippen molar-refractivity contribution in [3.05, 3.63) is 57.2 Å². The Hall–Kier alpha value is -2.20. The van der Waals surface area contributed by atoms with Crippen molar-refractivity contribution in [2.75, 3.05) is 13.7 Å². The molecule has 0 saturated heterocycles. The summed E-state index contributed by atoms with van der Waals surface area (Å²) in [6, 6.07) is 12.9. The highest BCUT2D eigenvalue weighted by Gasteiger charge is 2.12. The van der Waals surface area contributed by atoms with E-state index < -0.39 is 5.97 Å². The molecule has 2 aromatic carbocycles. The van der Waals surface area contributed by atoms with Gasteiger partial charge in [-0.3, -0.25) is 0 Å². The van der Waals surface area contributed by atoms with Gasteiger partial charge in [-0.1, -0.05) is 18.1 Å². The van der Waals surface area contributed by atoms with Crippen LogP contribution in [0.15, 0.2) is 42.5 Å². The van der Waals surface area contributed by atoms with Crippen molar-refractivity contribution < 1.29 is 19.0 Å². The van der Waals surface area contributed by atoms with E-state index in [1.165, 1.54) is 10.7 Å². The van der Waals surface area contributed by atoms with Crippen molar-refractivity contribution >= 4 is 28.6 Å². The van der Waals surface area contributed by atoms with Crippen molar-refractivity contribution in [1.82, 2.24) is 0 Å². The summed E-state index contributed by atoms with van der Waals surface area (Å²) in [5, 5.41) is 0. The summed E-state index contributed by atoms with van der Waals surface area (Å²) < 4.78 is 17.1. The van der Waals surface area contributed by atoms with Gasteiger partial charge in [0, 0.05) is 3.57 Å². The summed E-state index contributed by atoms with van der Waals surface area (Å²) in [5.74, 6) is 2.77. The van der Waals surface area contributed by atoms with E-state index in [-0.39, 0.29) is 6.61 Å². The van der Waals surface area contributed by atoms with E-state index in [0.29, 0.717) is 23.7 Å². The number of ether oxygens (including phenoxy) is 3. The second-order valence-corrected chi connectivity index (χ2v) is 5.81. The van der Waals surface area contributed by atoms with Gasteiger partial charge in [0.1, 0.15) is 6.61 Å². The average Bonchev–Trinajstić information content (AvgIpc) is 2.59. The Morgan fingerprint density at radius 3 is 2.57 bits per heavy atom. The molecule has 0 aliphatic heterocycles. The zero-order chi connectivity index (χ0) is 16.7. The van der Waals surface area contributed by atoms with E-state index >= 15 is 0 Å². The van der Waals surface area contributed by atoms with Crippen LogP contribution in [0.2, 0.25) is 0 Å². The molecule has 0 aliphatic rings. The van der Waals surface area contributed by atoms with Crippen LogP contribution in [-0.2, 0) is 11.3 Å². The third-order valence-electron chi connectivity index (χ3n) is 2.99. The molecular formula is C18H15IO4. The van der Waals surface area contributed by atoms with Crippen molar-refractivity contribution in [3.63, 3.8) is 0 Å². The SMILES string of the molecule is C#CCOC(=O)c1ccc(OCc2ccc(I)cc2)c(OC)c1. The Morgan fingerprint density at radius 1 is 1.17 bits per heavy atom. The van der Waals surface area contributed by atoms with Crippen LogP contribution in [0, 0.1) is 15.9 Å². The molecule has 0 amide bonds. The van der Waals surface area contributed by atoms with E-state index in [9.17, 15) is 4.79 Å². The van der Waals surface area contributed by atoms with E-state index in [4.69, 9.17) is 20.6 Å². The third-order valence-corrected chi connectivity index (χ3v) is 3.71. The average molecular weight is 422 g/mol. The van der Waals surface area contributed by atoms with Crippen molar-refractivity contribution in [2.45, 2.75) is 6.61 Å². The number of carbonyl (C=O) groups is 1. The van der Waals surface area contributed by atoms with E-state index in [2.05, 4.69) is 28.5 Å². The molecule has 0 spiro atoms. The molecule has 0 atom stereocenters. The Morgan fingerprint density at radius 2 is 1.91 bits per heavy atom. The first-order valence-corrected chi connectivity index (χ1v) is 7.88. The highest BCUT2D eigenvalue weighted by atomic mass is 127. The molecule has 0 aromatic heterocycles. The van der Waals surface area contributed by atoms with Gasteiger partial charge in [0.05, 0.1) is 12.7 Å². The second kappa shape index (κ2) is 8.44. The van der Waals surface area contributed by atoms with Crippen LogP contribution in [0.4, 0.5) is 0 Å². The molecule has 2 aromatic rings. The van der Waals surface area contributed by atoms with Crippen molar-refractivity contribution in [3.8, 4) is 23.8 Å². The summed E-state index contributed by atoms with van der Waals surface area (Å²) in [5.41, 5.74) is 1.41. The molecule has 23 heavy (non-hydrogen) atoms. The Kier molecular flexibility index (Phi) is 6.29. The van der Waals surface area contributed by atoms with Gasteiger partial charge in [0.25, 0.3) is 0 Å². The monoisotopic (exact) mass is 422 g/mol. The Labute approximate surface area is 148 Å². The first-order valence-electron chi connectivity index (χ1n) is 6.80. The predicted octanol–water partition coefficient (Wildman–Crippen LogP) is 3.67. The van der Waals surface area contributed by atoms with E-state index in [1.807, 2.05) is 24.3 Å². The highest BCUT2D eigenvalue weighted by Crippen LogP contribution is 2.29. The number of terminal acetylenes is 1. The molecule has 0 bridgehead atoms. The van der Waals surface area contributed by atoms with E-state index in [1.54, 1.807) is 18.2 Å². The summed E-state index contributed by atoms with van der Waals surface area (Å²) in [7, 11) is 1.52. The molecule has 0 unspecified atom stereocenters. The number of halogens is 1. The van der Waals surface area contributed by atoms with Crippen LogP contribution < -0.4 is 9.47 Å². The molecule has 0 saturated carbocycles. The fraction of sp³-hybridized carbons (Fsp3) is 0.167. The minimum absolute atomic E-state index is 0.0633. The van der Waals surface area contributed by atoms with Gasteiger partial charge >= 0.3 is 5.97 Å². The van der Waals surface area contributed by atoms with Crippen LogP contribution in [0.5, 0.6) is 11.5 Å². The molecule has 118 valence electrons. The number of hydrogen-bond acceptors (Lipinski definition) is 4. The largest absolute Gasteiger partial charge is 0.493 e. The van der Waals surface area contributed by atoms with Crippen molar-refractivity contribution in [1.29, 1.82) is 0 Å². The number of esters is 1. The number of carbonyl (C=O) groups excluding carboxylic acids is 1. The van der Waals surface area contributed by atoms with Crippen molar-refractivity contribution in [2.24, 2.45) is 0 Å². The van der Waals surface area contributed by atoms with Crippen LogP contribution >= 0.6 is 22.6 Å². The quantitative estimate of drug-likeness (QED) is 0.405. The summed E-state index contributed by atoms with van der Waals surface area (Å²) >= 11 is 2.25. The number of hydrogen-bond donors (Lipinski definition) is 0. The predicted molar refractivity (Wildman–Crippen MR) is 95.6 cm³/mol. The fourth-order valence-corrected chi connectivity index (χ4v) is 2.21. The normalized spacial score (nSPS) is 9.78. The van der Waals surface area contributed by atoms with Crippen LogP contribution in [0.3, 0.4) is 0 Å². The molecule has 2 rings (SSSR count). The minimum atomic E-state index is -0.495. The zero-order valence-corrected chi connectivity index (χ0v) is 14.7. The first-order chi connectivity index (χ1) is 11.1. The molecule has 0 fully saturated rings. The lowest BCUT2D eigenvalue weighted by molar-refractivity contribution is 0.0556. The number of rotatable bonds is 6. The smallest absolute Gasteiger partial charge is 0.339 e. The summed E-state index contributed by atoms with van der Waals surface area (Å²) in [6.45, 7) is 0.348. The summed E-state index contributed by atoms with van der Waals surface area (Å²) in [4.78, 5) is 11.8. The molecule has 0 N–H and O–H groups in total. The first kappa shape index (κ1) is 17.2. The standard InChI is InChI=1S/C18H15IO4/c1-3-10-22-18(20)14-6-9-16(17(11-14)21-2)23-12-13-4-7-15(19)8-5-13/h1,4-9,11H,10,12H2,2H3. The molecule has 0 heterocycles. The van der Waals surface area contributed by atoms with Gasteiger partial charge in [-0.05, 0) is 58.5 Å². The summed E-state index contributed by atoms with van der Waals surface area (Å²) in [6.07, 6.45) is 5.07. The molecule has 4 nitrogen and oxygen atoms in total. The Bertz CT molecular complexity index is 717. The molecular weight excluding hydrogens is 407 g/mol. The lowest BCUT2D eigenvalue weighted by Crippen LogP contribution is -2.06. The van der Waals surface area contributed by atoms with Gasteiger partial charge < -0.3 is 14.2 Å². The van der Waals surface area contributed by atoms with Gasteiger partial charge in [-0.15, -0.1) is 6.42 Å². The Balaban J connectivity index is 2.08. The lowest BCUT2D eigenvalue weighted by atomic mass is 10.2. The maximum atomic E-state index is 11.8. The third kappa shape index (κ3) is 4.89. The number of methoxy groups -OCH3 is 1. The van der Waals surface area contributed by atoms with Gasteiger partial charge in [0.2, 0.25) is 0 Å². The van der Waals surface area contributed by atoms with Crippen LogP contribution in [-0.4, -0.2) is 19.7 Å². The second-order valence-electron chi connectivity index (χ2n) is 4.56. The molecule has 0 aliphatic carbocycles. The van der Waals surface area contributed by atoms with Crippen LogP contribution in [0.25, 0.3) is 0 Å².